The number of fused-ring (bicyclic) bond motifs is 13. The fourth-order valence-electron chi connectivity index (χ4n) is 21.2. The van der Waals surface area contributed by atoms with Crippen LogP contribution < -0.4 is 0 Å². The summed E-state index contributed by atoms with van der Waals surface area (Å²) in [7, 11) is 0. The van der Waals surface area contributed by atoms with Crippen LogP contribution in [-0.4, -0.2) is 0 Å². The Morgan fingerprint density at radius 3 is 0.478 bits per heavy atom. The van der Waals surface area contributed by atoms with Gasteiger partial charge in [-0.3, -0.25) is 0 Å². The Hall–Kier alpha value is -14.6. The Labute approximate surface area is 670 Å². The van der Waals surface area contributed by atoms with Gasteiger partial charge in [-0.15, -0.1) is 0 Å². The smallest absolute Gasteiger partial charge is 0.0622 e. The van der Waals surface area contributed by atoms with Crippen molar-refractivity contribution in [2.75, 3.05) is 0 Å². The average molecular weight is 1460 g/mol. The van der Waals surface area contributed by atoms with E-state index in [0.29, 0.717) is 0 Å². The van der Waals surface area contributed by atoms with Crippen molar-refractivity contribution in [1.82, 2.24) is 0 Å². The van der Waals surface area contributed by atoms with E-state index in [9.17, 15) is 0 Å². The summed E-state index contributed by atoms with van der Waals surface area (Å²) in [4.78, 5) is 0. The fourth-order valence-corrected chi connectivity index (χ4v) is 21.2. The summed E-state index contributed by atoms with van der Waals surface area (Å²) in [6.45, 7) is 0. The molecule has 0 nitrogen and oxygen atoms in total. The third-order valence-corrected chi connectivity index (χ3v) is 25.9. The molecule has 0 heteroatoms. The van der Waals surface area contributed by atoms with Gasteiger partial charge in [0.15, 0.2) is 0 Å². The maximum absolute atomic E-state index is 2.58. The van der Waals surface area contributed by atoms with E-state index in [1.165, 1.54) is 210 Å². The minimum Gasteiger partial charge on any atom is -0.0622 e. The zero-order valence-corrected chi connectivity index (χ0v) is 63.2. The van der Waals surface area contributed by atoms with Gasteiger partial charge in [0.2, 0.25) is 0 Å². The number of benzene rings is 20. The molecule has 3 aliphatic rings. The minimum atomic E-state index is -0.720. The zero-order chi connectivity index (χ0) is 75.8. The van der Waals surface area contributed by atoms with Gasteiger partial charge in [-0.25, -0.2) is 0 Å². The monoisotopic (exact) mass is 1450 g/mol. The third kappa shape index (κ3) is 9.73. The highest BCUT2D eigenvalue weighted by Crippen LogP contribution is 2.63. The first-order valence-corrected chi connectivity index (χ1v) is 40.3. The van der Waals surface area contributed by atoms with E-state index in [2.05, 4.69) is 449 Å². The van der Waals surface area contributed by atoms with E-state index < -0.39 is 16.2 Å². The van der Waals surface area contributed by atoms with Crippen molar-refractivity contribution in [3.63, 3.8) is 0 Å². The van der Waals surface area contributed by atoms with Gasteiger partial charge in [0, 0.05) is 0 Å². The molecular weight excluding hydrogens is 1380 g/mol. The first-order chi connectivity index (χ1) is 57.1. The topological polar surface area (TPSA) is 0 Å². The minimum absolute atomic E-state index is 0.609. The molecule has 0 amide bonds. The van der Waals surface area contributed by atoms with Crippen molar-refractivity contribution in [2.24, 2.45) is 0 Å². The van der Waals surface area contributed by atoms with Crippen molar-refractivity contribution in [3.05, 3.63) is 516 Å². The predicted octanol–water partition coefficient (Wildman–Crippen LogP) is 29.4. The largest absolute Gasteiger partial charge is 0.0713 e. The first kappa shape index (κ1) is 66.2. The van der Waals surface area contributed by atoms with E-state index in [0.717, 1.165) is 0 Å². The molecule has 0 fully saturated rings. The molecule has 0 unspecified atom stereocenters. The molecule has 0 atom stereocenters. The van der Waals surface area contributed by atoms with Gasteiger partial charge in [0.05, 0.1) is 16.2 Å². The maximum atomic E-state index is 2.58. The van der Waals surface area contributed by atoms with Gasteiger partial charge < -0.3 is 0 Å². The van der Waals surface area contributed by atoms with Crippen LogP contribution >= 0.6 is 0 Å². The average Bonchev–Trinajstić information content (AvgIpc) is 1.62. The second-order valence-corrected chi connectivity index (χ2v) is 31.4. The number of hydrogen-bond donors (Lipinski definition) is 0. The lowest BCUT2D eigenvalue weighted by Gasteiger charge is -2.35. The second-order valence-electron chi connectivity index (χ2n) is 31.4. The Bertz CT molecular complexity index is 7040. The van der Waals surface area contributed by atoms with E-state index in [1.54, 1.807) is 0 Å². The summed E-state index contributed by atoms with van der Waals surface area (Å²) < 4.78 is 0. The standard InChI is InChI=1S/C115H74/c1-9-33-75(34-10-1)77-57-63-89-91-65-59-79(71-105(91)113(103(89)69-77,83-37-13-3-14-38-83)84-39-15-4-16-40-84)80-60-66-92-94-68-62-82(74-108(94)115(106(92)72-80,87-45-21-7-22-46-87)88-47-23-8-24-48-88)110-97-51-27-31-55-101(97)112(102-56-32-28-52-98(102)110)111-99-53-29-25-49-95(99)109(96-50-26-30-54-100(96)111)81-61-67-93-90-64-58-78(76-35-11-2-12-36-76)70-104(90)114(107(93)73-81,85-41-17-5-18-42-85)86-43-19-6-20-44-86/h1-74H. The third-order valence-electron chi connectivity index (χ3n) is 25.9. The summed E-state index contributed by atoms with van der Waals surface area (Å²) >= 11 is 0. The van der Waals surface area contributed by atoms with Gasteiger partial charge in [0.25, 0.3) is 0 Å². The number of hydrogen-bond acceptors (Lipinski definition) is 0. The van der Waals surface area contributed by atoms with Crippen LogP contribution in [0.3, 0.4) is 0 Å². The zero-order valence-electron chi connectivity index (χ0n) is 63.2. The van der Waals surface area contributed by atoms with Crippen LogP contribution in [0.25, 0.3) is 143 Å². The highest BCUT2D eigenvalue weighted by atomic mass is 14.5. The van der Waals surface area contributed by atoms with Crippen LogP contribution in [0, 0.1) is 0 Å². The molecule has 0 N–H and O–H groups in total. The number of rotatable bonds is 12. The van der Waals surface area contributed by atoms with E-state index in [4.69, 9.17) is 0 Å². The van der Waals surface area contributed by atoms with Crippen LogP contribution in [0.4, 0.5) is 0 Å². The summed E-state index contributed by atoms with van der Waals surface area (Å²) in [5, 5.41) is 9.70. The lowest BCUT2D eigenvalue weighted by Crippen LogP contribution is -2.29. The van der Waals surface area contributed by atoms with Crippen molar-refractivity contribution in [2.45, 2.75) is 16.2 Å². The van der Waals surface area contributed by atoms with E-state index >= 15 is 0 Å². The van der Waals surface area contributed by atoms with Gasteiger partial charge >= 0.3 is 0 Å². The lowest BCUT2D eigenvalue weighted by molar-refractivity contribution is 0.768. The molecule has 0 aromatic heterocycles. The molecule has 0 bridgehead atoms. The fraction of sp³-hybridized carbons (Fsp3) is 0.0261. The Balaban J connectivity index is 0.708. The maximum Gasteiger partial charge on any atom is 0.0713 e. The summed E-state index contributed by atoms with van der Waals surface area (Å²) in [6.07, 6.45) is 0. The molecule has 115 heavy (non-hydrogen) atoms. The highest BCUT2D eigenvalue weighted by Gasteiger charge is 2.50. The van der Waals surface area contributed by atoms with Crippen molar-refractivity contribution in [3.8, 4) is 100 Å². The molecule has 23 rings (SSSR count). The van der Waals surface area contributed by atoms with Crippen molar-refractivity contribution >= 4 is 43.1 Å². The quantitative estimate of drug-likeness (QED) is 0.107. The molecule has 0 saturated heterocycles. The molecule has 0 heterocycles. The predicted molar refractivity (Wildman–Crippen MR) is 481 cm³/mol. The normalized spacial score (nSPS) is 13.6. The van der Waals surface area contributed by atoms with Gasteiger partial charge in [-0.05, 0) is 246 Å². The van der Waals surface area contributed by atoms with Crippen molar-refractivity contribution in [1.29, 1.82) is 0 Å². The summed E-state index contributed by atoms with van der Waals surface area (Å²) in [5.41, 5.74) is 35.2. The molecule has 0 saturated carbocycles. The molecular formula is C115H74. The summed E-state index contributed by atoms with van der Waals surface area (Å²) in [6, 6.07) is 170. The van der Waals surface area contributed by atoms with Crippen LogP contribution in [0.15, 0.2) is 449 Å². The van der Waals surface area contributed by atoms with Crippen molar-refractivity contribution < 1.29 is 0 Å². The molecule has 20 aromatic carbocycles. The van der Waals surface area contributed by atoms with Gasteiger partial charge in [-0.1, -0.05) is 413 Å². The molecule has 0 aliphatic heterocycles. The van der Waals surface area contributed by atoms with Crippen LogP contribution in [0.1, 0.15) is 66.8 Å². The highest BCUT2D eigenvalue weighted by molar-refractivity contribution is 6.30. The summed E-state index contributed by atoms with van der Waals surface area (Å²) in [5.74, 6) is 0. The molecule has 20 aromatic rings. The van der Waals surface area contributed by atoms with Crippen LogP contribution in [0.5, 0.6) is 0 Å². The molecule has 534 valence electrons. The van der Waals surface area contributed by atoms with Gasteiger partial charge in [-0.2, -0.15) is 0 Å². The molecule has 0 spiro atoms. The van der Waals surface area contributed by atoms with Crippen LogP contribution in [0.2, 0.25) is 0 Å². The van der Waals surface area contributed by atoms with E-state index in [-0.39, 0.29) is 0 Å². The Morgan fingerprint density at radius 1 is 0.113 bits per heavy atom. The Kier molecular flexibility index (Phi) is 15.1. The molecule has 0 radical (unpaired) electrons. The molecule has 3 aliphatic carbocycles. The lowest BCUT2D eigenvalue weighted by atomic mass is 9.66. The second kappa shape index (κ2) is 26.3. The van der Waals surface area contributed by atoms with Crippen LogP contribution in [-0.2, 0) is 16.2 Å². The van der Waals surface area contributed by atoms with E-state index in [1.807, 2.05) is 0 Å². The first-order valence-electron chi connectivity index (χ1n) is 40.3. The van der Waals surface area contributed by atoms with Gasteiger partial charge in [0.1, 0.15) is 0 Å². The SMILES string of the molecule is c1ccc(-c2ccc3c(c2)C(c2ccccc2)(c2ccccc2)c2cc(-c4ccc5c(c4)C(c4ccccc4)(c4ccccc4)c4cc(-c6c7ccccc7c(-c7c8ccccc8c(-c8ccc9c(c8)C(c8ccccc8)(c8ccccc8)c8cc(-c%10ccccc%10)ccc8-9)c8ccccc78)c7ccccc67)ccc4-5)ccc2-3)cc1. The Morgan fingerprint density at radius 2 is 0.270 bits per heavy atom.